The average Bonchev–Trinajstić information content (AvgIpc) is 3.33. The first-order valence-electron chi connectivity index (χ1n) is 9.58. The van der Waals surface area contributed by atoms with E-state index in [0.29, 0.717) is 23.4 Å². The van der Waals surface area contributed by atoms with Crippen molar-refractivity contribution in [2.75, 3.05) is 57.2 Å². The zero-order valence-electron chi connectivity index (χ0n) is 17.1. The quantitative estimate of drug-likeness (QED) is 0.786. The van der Waals surface area contributed by atoms with Gasteiger partial charge in [0.15, 0.2) is 11.5 Å². The predicted octanol–water partition coefficient (Wildman–Crippen LogP) is 1.74. The van der Waals surface area contributed by atoms with Crippen LogP contribution >= 0.6 is 11.8 Å². The molecule has 156 valence electrons. The Bertz CT molecular complexity index is 883. The van der Waals surface area contributed by atoms with Crippen LogP contribution in [-0.4, -0.2) is 78.7 Å². The molecule has 3 heterocycles. The zero-order chi connectivity index (χ0) is 20.5. The number of rotatable bonds is 5. The highest BCUT2D eigenvalue weighted by atomic mass is 32.2. The van der Waals surface area contributed by atoms with Crippen LogP contribution in [0, 0.1) is 0 Å². The Morgan fingerprint density at radius 3 is 2.55 bits per heavy atom. The number of ether oxygens (including phenoxy) is 2. The van der Waals surface area contributed by atoms with Gasteiger partial charge in [0.25, 0.3) is 0 Å². The molecular weight excluding hydrogens is 392 g/mol. The van der Waals surface area contributed by atoms with Crippen molar-refractivity contribution in [3.05, 3.63) is 23.8 Å². The summed E-state index contributed by atoms with van der Waals surface area (Å²) in [6, 6.07) is 5.72. The van der Waals surface area contributed by atoms with Crippen LogP contribution in [0.2, 0.25) is 0 Å². The standard InChI is InChI=1S/C19H26N6O3S/c1-12-16(26)25(17(29-12)13-5-6-14(27-3)15(11-13)28-4)19-20-18(21-22-19)24-9-7-23(2)8-10-24/h5-6,11-12,17H,7-10H2,1-4H3,(H,20,21,22)/t12-,17+/m0/s1. The second kappa shape index (κ2) is 8.11. The summed E-state index contributed by atoms with van der Waals surface area (Å²) in [6.07, 6.45) is 0. The van der Waals surface area contributed by atoms with E-state index in [4.69, 9.17) is 9.47 Å². The van der Waals surface area contributed by atoms with Crippen molar-refractivity contribution in [2.45, 2.75) is 17.5 Å². The van der Waals surface area contributed by atoms with Crippen LogP contribution in [0.4, 0.5) is 11.9 Å². The minimum atomic E-state index is -0.217. The molecule has 0 aliphatic carbocycles. The number of aromatic nitrogens is 3. The number of H-pyrrole nitrogens is 1. The van der Waals surface area contributed by atoms with Crippen LogP contribution in [0.5, 0.6) is 11.5 Å². The zero-order valence-corrected chi connectivity index (χ0v) is 17.9. The largest absolute Gasteiger partial charge is 0.493 e. The second-order valence-electron chi connectivity index (χ2n) is 7.20. The fourth-order valence-electron chi connectivity index (χ4n) is 3.57. The first-order valence-corrected chi connectivity index (χ1v) is 10.5. The number of carbonyl (C=O) groups is 1. The lowest BCUT2D eigenvalue weighted by atomic mass is 10.2. The van der Waals surface area contributed by atoms with Crippen molar-refractivity contribution in [1.29, 1.82) is 0 Å². The minimum Gasteiger partial charge on any atom is -0.493 e. The number of methoxy groups -OCH3 is 2. The number of piperazine rings is 1. The molecule has 2 saturated heterocycles. The third-order valence-corrected chi connectivity index (χ3v) is 6.67. The van der Waals surface area contributed by atoms with E-state index in [2.05, 4.69) is 32.0 Å². The van der Waals surface area contributed by atoms with Gasteiger partial charge in [-0.05, 0) is 31.7 Å². The second-order valence-corrected chi connectivity index (χ2v) is 8.63. The lowest BCUT2D eigenvalue weighted by Gasteiger charge is -2.31. The van der Waals surface area contributed by atoms with E-state index >= 15 is 0 Å². The Hall–Kier alpha value is -2.46. The Labute approximate surface area is 174 Å². The molecule has 1 aromatic heterocycles. The first kappa shape index (κ1) is 19.8. The fraction of sp³-hybridized carbons (Fsp3) is 0.526. The Balaban J connectivity index is 1.62. The number of nitrogens with one attached hydrogen (secondary N) is 1. The molecule has 2 aromatic rings. The van der Waals surface area contributed by atoms with Gasteiger partial charge in [-0.1, -0.05) is 6.07 Å². The molecule has 4 rings (SSSR count). The summed E-state index contributed by atoms with van der Waals surface area (Å²) in [7, 11) is 5.32. The smallest absolute Gasteiger partial charge is 0.246 e. The number of hydrogen-bond acceptors (Lipinski definition) is 8. The molecule has 2 atom stereocenters. The summed E-state index contributed by atoms with van der Waals surface area (Å²) in [4.78, 5) is 23.7. The molecule has 1 amide bonds. The Kier molecular flexibility index (Phi) is 5.55. The van der Waals surface area contributed by atoms with Gasteiger partial charge in [0, 0.05) is 26.2 Å². The molecular formula is C19H26N6O3S. The lowest BCUT2D eigenvalue weighted by molar-refractivity contribution is -0.117. The van der Waals surface area contributed by atoms with Gasteiger partial charge in [-0.15, -0.1) is 16.9 Å². The summed E-state index contributed by atoms with van der Waals surface area (Å²) >= 11 is 1.58. The molecule has 0 unspecified atom stereocenters. The van der Waals surface area contributed by atoms with Gasteiger partial charge >= 0.3 is 0 Å². The number of nitrogens with zero attached hydrogens (tertiary/aromatic N) is 5. The maximum Gasteiger partial charge on any atom is 0.246 e. The predicted molar refractivity (Wildman–Crippen MR) is 113 cm³/mol. The van der Waals surface area contributed by atoms with E-state index in [0.717, 1.165) is 31.7 Å². The van der Waals surface area contributed by atoms with E-state index in [-0.39, 0.29) is 16.5 Å². The van der Waals surface area contributed by atoms with Gasteiger partial charge in [0.2, 0.25) is 17.8 Å². The lowest BCUT2D eigenvalue weighted by Crippen LogP contribution is -2.45. The molecule has 2 fully saturated rings. The number of carbonyl (C=O) groups excluding carboxylic acids is 1. The molecule has 29 heavy (non-hydrogen) atoms. The number of benzene rings is 1. The molecule has 0 bridgehead atoms. The maximum absolute atomic E-state index is 12.9. The summed E-state index contributed by atoms with van der Waals surface area (Å²) in [5.74, 6) is 2.41. The normalized spacial score (nSPS) is 23.0. The molecule has 1 aromatic carbocycles. The number of anilines is 2. The van der Waals surface area contributed by atoms with Crippen LogP contribution in [0.15, 0.2) is 18.2 Å². The number of aromatic amines is 1. The summed E-state index contributed by atoms with van der Waals surface area (Å²) < 4.78 is 10.8. The van der Waals surface area contributed by atoms with Crippen molar-refractivity contribution in [3.63, 3.8) is 0 Å². The minimum absolute atomic E-state index is 0.0101. The van der Waals surface area contributed by atoms with Gasteiger partial charge in [0.1, 0.15) is 5.37 Å². The molecule has 0 saturated carbocycles. The van der Waals surface area contributed by atoms with Crippen LogP contribution in [-0.2, 0) is 4.79 Å². The van der Waals surface area contributed by atoms with Crippen molar-refractivity contribution in [2.24, 2.45) is 0 Å². The summed E-state index contributed by atoms with van der Waals surface area (Å²) in [6.45, 7) is 5.58. The van der Waals surface area contributed by atoms with Crippen molar-refractivity contribution < 1.29 is 14.3 Å². The third kappa shape index (κ3) is 3.74. The van der Waals surface area contributed by atoms with Crippen LogP contribution in [0.1, 0.15) is 17.9 Å². The molecule has 0 spiro atoms. The molecule has 0 radical (unpaired) electrons. The molecule has 9 nitrogen and oxygen atoms in total. The van der Waals surface area contributed by atoms with Gasteiger partial charge in [-0.2, -0.15) is 4.98 Å². The highest BCUT2D eigenvalue weighted by Gasteiger charge is 2.41. The first-order chi connectivity index (χ1) is 14.0. The van der Waals surface area contributed by atoms with E-state index in [1.54, 1.807) is 30.9 Å². The van der Waals surface area contributed by atoms with E-state index in [1.807, 2.05) is 25.1 Å². The van der Waals surface area contributed by atoms with E-state index < -0.39 is 0 Å². The highest BCUT2D eigenvalue weighted by Crippen LogP contribution is 2.46. The SMILES string of the molecule is COc1ccc([C@H]2S[C@@H](C)C(=O)N2c2nc(N3CCN(C)CC3)n[nH]2)cc1OC. The highest BCUT2D eigenvalue weighted by molar-refractivity contribution is 8.01. The molecule has 2 aliphatic rings. The molecule has 10 heteroatoms. The monoisotopic (exact) mass is 418 g/mol. The van der Waals surface area contributed by atoms with E-state index in [9.17, 15) is 4.79 Å². The van der Waals surface area contributed by atoms with Crippen LogP contribution in [0.25, 0.3) is 0 Å². The fourth-order valence-corrected chi connectivity index (χ4v) is 4.82. The topological polar surface area (TPSA) is 86.8 Å². The Morgan fingerprint density at radius 1 is 1.14 bits per heavy atom. The number of hydrogen-bond donors (Lipinski definition) is 1. The number of amides is 1. The van der Waals surface area contributed by atoms with Crippen LogP contribution in [0.3, 0.4) is 0 Å². The molecule has 2 aliphatic heterocycles. The van der Waals surface area contributed by atoms with Gasteiger partial charge in [-0.25, -0.2) is 5.10 Å². The molecule has 1 N–H and O–H groups in total. The maximum atomic E-state index is 12.9. The number of likely N-dealkylation sites (N-methyl/N-ethyl adjacent to an activating group) is 1. The van der Waals surface area contributed by atoms with Crippen molar-refractivity contribution >= 4 is 29.6 Å². The van der Waals surface area contributed by atoms with E-state index in [1.165, 1.54) is 0 Å². The van der Waals surface area contributed by atoms with Crippen molar-refractivity contribution in [1.82, 2.24) is 20.1 Å². The third-order valence-electron chi connectivity index (χ3n) is 5.32. The average molecular weight is 419 g/mol. The van der Waals surface area contributed by atoms with Gasteiger partial charge < -0.3 is 19.3 Å². The van der Waals surface area contributed by atoms with Crippen LogP contribution < -0.4 is 19.3 Å². The number of thioether (sulfide) groups is 1. The van der Waals surface area contributed by atoms with Gasteiger partial charge in [0.05, 0.1) is 19.5 Å². The summed E-state index contributed by atoms with van der Waals surface area (Å²) in [5.41, 5.74) is 0.947. The Morgan fingerprint density at radius 2 is 1.86 bits per heavy atom. The summed E-state index contributed by atoms with van der Waals surface area (Å²) in [5, 5.41) is 6.97. The van der Waals surface area contributed by atoms with Gasteiger partial charge in [-0.3, -0.25) is 9.69 Å². The van der Waals surface area contributed by atoms with Crippen molar-refractivity contribution in [3.8, 4) is 11.5 Å².